The third-order valence-electron chi connectivity index (χ3n) is 2.50. The molecule has 3 nitrogen and oxygen atoms in total. The van der Waals surface area contributed by atoms with Gasteiger partial charge >= 0.3 is 0 Å². The number of halogens is 3. The molecule has 0 bridgehead atoms. The number of benzene rings is 1. The van der Waals surface area contributed by atoms with E-state index in [-0.39, 0.29) is 11.6 Å². The lowest BCUT2D eigenvalue weighted by atomic mass is 10.3. The highest BCUT2D eigenvalue weighted by atomic mass is 79.9. The van der Waals surface area contributed by atoms with Gasteiger partial charge in [-0.25, -0.2) is 9.37 Å². The van der Waals surface area contributed by atoms with E-state index in [0.717, 1.165) is 4.47 Å². The Morgan fingerprint density at radius 2 is 2.11 bits per heavy atom. The van der Waals surface area contributed by atoms with Gasteiger partial charge in [-0.3, -0.25) is 0 Å². The van der Waals surface area contributed by atoms with Gasteiger partial charge in [0.25, 0.3) is 0 Å². The predicted octanol–water partition coefficient (Wildman–Crippen LogP) is 4.69. The van der Waals surface area contributed by atoms with E-state index < -0.39 is 5.82 Å². The Balaban J connectivity index is 2.42. The van der Waals surface area contributed by atoms with Crippen LogP contribution in [0.3, 0.4) is 0 Å². The standard InChI is InChI=1S/C13H11BrClFN2O/c1-3-11-17-12(15)7(2)13(18-11)19-10-6-8(14)4-5-9(10)16/h4-6H,3H2,1-2H3. The number of hydrogen-bond donors (Lipinski definition) is 0. The summed E-state index contributed by atoms with van der Waals surface area (Å²) in [4.78, 5) is 8.32. The Morgan fingerprint density at radius 1 is 1.37 bits per heavy atom. The summed E-state index contributed by atoms with van der Waals surface area (Å²) in [5.74, 6) is 0.458. The number of aryl methyl sites for hydroxylation is 1. The molecule has 100 valence electrons. The zero-order valence-corrected chi connectivity index (χ0v) is 12.7. The summed E-state index contributed by atoms with van der Waals surface area (Å²) < 4.78 is 19.9. The molecule has 0 N–H and O–H groups in total. The monoisotopic (exact) mass is 344 g/mol. The lowest BCUT2D eigenvalue weighted by molar-refractivity contribution is 0.421. The van der Waals surface area contributed by atoms with Crippen LogP contribution < -0.4 is 4.74 Å². The van der Waals surface area contributed by atoms with Crippen LogP contribution in [0.15, 0.2) is 22.7 Å². The molecular weight excluding hydrogens is 335 g/mol. The van der Waals surface area contributed by atoms with Crippen LogP contribution in [0.25, 0.3) is 0 Å². The molecule has 0 saturated heterocycles. The third-order valence-corrected chi connectivity index (χ3v) is 3.37. The van der Waals surface area contributed by atoms with E-state index in [1.54, 1.807) is 13.0 Å². The number of rotatable bonds is 3. The molecule has 0 fully saturated rings. The molecule has 19 heavy (non-hydrogen) atoms. The van der Waals surface area contributed by atoms with Crippen LogP contribution in [0.5, 0.6) is 11.6 Å². The first-order chi connectivity index (χ1) is 9.01. The maximum atomic E-state index is 13.6. The Kier molecular flexibility index (Phi) is 4.37. The number of hydrogen-bond acceptors (Lipinski definition) is 3. The van der Waals surface area contributed by atoms with Crippen molar-refractivity contribution in [2.24, 2.45) is 0 Å². The molecule has 0 aliphatic heterocycles. The molecule has 0 spiro atoms. The van der Waals surface area contributed by atoms with Crippen LogP contribution in [-0.4, -0.2) is 9.97 Å². The van der Waals surface area contributed by atoms with E-state index in [0.29, 0.717) is 23.0 Å². The maximum absolute atomic E-state index is 13.6. The zero-order valence-electron chi connectivity index (χ0n) is 10.4. The molecule has 0 saturated carbocycles. The molecule has 1 heterocycles. The second-order valence-electron chi connectivity index (χ2n) is 3.89. The quantitative estimate of drug-likeness (QED) is 0.757. The Morgan fingerprint density at radius 3 is 2.79 bits per heavy atom. The van der Waals surface area contributed by atoms with E-state index in [2.05, 4.69) is 25.9 Å². The van der Waals surface area contributed by atoms with Gasteiger partial charge < -0.3 is 4.74 Å². The number of ether oxygens (including phenoxy) is 1. The first kappa shape index (κ1) is 14.2. The van der Waals surface area contributed by atoms with Gasteiger partial charge in [0.2, 0.25) is 5.88 Å². The minimum atomic E-state index is -0.463. The van der Waals surface area contributed by atoms with Crippen LogP contribution in [0.1, 0.15) is 18.3 Å². The molecule has 0 aliphatic carbocycles. The van der Waals surface area contributed by atoms with Gasteiger partial charge in [-0.05, 0) is 25.1 Å². The topological polar surface area (TPSA) is 35.0 Å². The summed E-state index contributed by atoms with van der Waals surface area (Å²) in [6.45, 7) is 3.64. The van der Waals surface area contributed by atoms with Crippen LogP contribution in [-0.2, 0) is 6.42 Å². The summed E-state index contributed by atoms with van der Waals surface area (Å²) >= 11 is 9.27. The molecule has 0 aliphatic rings. The van der Waals surface area contributed by atoms with E-state index in [9.17, 15) is 4.39 Å². The largest absolute Gasteiger partial charge is 0.435 e. The van der Waals surface area contributed by atoms with Crippen LogP contribution in [0.4, 0.5) is 4.39 Å². The third kappa shape index (κ3) is 3.22. The summed E-state index contributed by atoms with van der Waals surface area (Å²) in [5, 5.41) is 0.317. The van der Waals surface area contributed by atoms with Crippen molar-refractivity contribution >= 4 is 27.5 Å². The fraction of sp³-hybridized carbons (Fsp3) is 0.231. The lowest BCUT2D eigenvalue weighted by Gasteiger charge is -2.10. The van der Waals surface area contributed by atoms with Crippen molar-refractivity contribution in [3.05, 3.63) is 45.0 Å². The van der Waals surface area contributed by atoms with Gasteiger partial charge in [0, 0.05) is 16.5 Å². The van der Waals surface area contributed by atoms with Gasteiger partial charge in [0.1, 0.15) is 11.0 Å². The molecule has 0 atom stereocenters. The van der Waals surface area contributed by atoms with Crippen molar-refractivity contribution in [1.29, 1.82) is 0 Å². The van der Waals surface area contributed by atoms with E-state index in [4.69, 9.17) is 16.3 Å². The van der Waals surface area contributed by atoms with Crippen molar-refractivity contribution in [2.45, 2.75) is 20.3 Å². The molecule has 0 unspecified atom stereocenters. The summed E-state index contributed by atoms with van der Waals surface area (Å²) in [5.41, 5.74) is 0.582. The molecular formula is C13H11BrClFN2O. The normalized spacial score (nSPS) is 10.6. The van der Waals surface area contributed by atoms with Crippen LogP contribution in [0, 0.1) is 12.7 Å². The predicted molar refractivity (Wildman–Crippen MR) is 75.3 cm³/mol. The molecule has 0 amide bonds. The Bertz CT molecular complexity index is 622. The van der Waals surface area contributed by atoms with Gasteiger partial charge in [-0.2, -0.15) is 4.98 Å². The smallest absolute Gasteiger partial charge is 0.227 e. The molecule has 2 rings (SSSR count). The molecule has 1 aromatic heterocycles. The van der Waals surface area contributed by atoms with Gasteiger partial charge in [0.15, 0.2) is 11.6 Å². The fourth-order valence-electron chi connectivity index (χ4n) is 1.43. The molecule has 2 aromatic rings. The van der Waals surface area contributed by atoms with E-state index >= 15 is 0 Å². The second kappa shape index (κ2) is 5.84. The van der Waals surface area contributed by atoms with Crippen molar-refractivity contribution in [1.82, 2.24) is 9.97 Å². The molecule has 6 heteroatoms. The minimum absolute atomic E-state index is 0.0919. The zero-order chi connectivity index (χ0) is 14.0. The van der Waals surface area contributed by atoms with Gasteiger partial charge in [-0.1, -0.05) is 34.5 Å². The van der Waals surface area contributed by atoms with Gasteiger partial charge in [-0.15, -0.1) is 0 Å². The molecule has 0 radical (unpaired) electrons. The summed E-state index contributed by atoms with van der Waals surface area (Å²) in [6, 6.07) is 4.45. The van der Waals surface area contributed by atoms with Crippen LogP contribution in [0.2, 0.25) is 5.15 Å². The fourth-order valence-corrected chi connectivity index (χ4v) is 1.95. The number of nitrogens with zero attached hydrogens (tertiary/aromatic N) is 2. The van der Waals surface area contributed by atoms with Crippen molar-refractivity contribution in [3.63, 3.8) is 0 Å². The molecule has 1 aromatic carbocycles. The highest BCUT2D eigenvalue weighted by Gasteiger charge is 2.13. The lowest BCUT2D eigenvalue weighted by Crippen LogP contribution is -2.01. The first-order valence-corrected chi connectivity index (χ1v) is 6.84. The Labute approximate surface area is 123 Å². The number of aromatic nitrogens is 2. The maximum Gasteiger partial charge on any atom is 0.227 e. The average molecular weight is 346 g/mol. The highest BCUT2D eigenvalue weighted by Crippen LogP contribution is 2.30. The SMILES string of the molecule is CCc1nc(Cl)c(C)c(Oc2cc(Br)ccc2F)n1. The summed E-state index contributed by atoms with van der Waals surface area (Å²) in [6.07, 6.45) is 0.622. The summed E-state index contributed by atoms with van der Waals surface area (Å²) in [7, 11) is 0. The van der Waals surface area contributed by atoms with Crippen molar-refractivity contribution in [3.8, 4) is 11.6 Å². The van der Waals surface area contributed by atoms with E-state index in [1.165, 1.54) is 12.1 Å². The minimum Gasteiger partial charge on any atom is -0.435 e. The van der Waals surface area contributed by atoms with Crippen molar-refractivity contribution in [2.75, 3.05) is 0 Å². The first-order valence-electron chi connectivity index (χ1n) is 5.67. The van der Waals surface area contributed by atoms with Gasteiger partial charge in [0.05, 0.1) is 0 Å². The van der Waals surface area contributed by atoms with Crippen LogP contribution >= 0.6 is 27.5 Å². The average Bonchev–Trinajstić information content (AvgIpc) is 2.38. The van der Waals surface area contributed by atoms with E-state index in [1.807, 2.05) is 6.92 Å². The second-order valence-corrected chi connectivity index (χ2v) is 5.16. The highest BCUT2D eigenvalue weighted by molar-refractivity contribution is 9.10. The Hall–Kier alpha value is -1.20. The van der Waals surface area contributed by atoms with Crippen molar-refractivity contribution < 1.29 is 9.13 Å².